The highest BCUT2D eigenvalue weighted by Crippen LogP contribution is 2.12. The van der Waals surface area contributed by atoms with Crippen molar-refractivity contribution in [2.75, 3.05) is 19.6 Å². The molecule has 2 heteroatoms. The minimum atomic E-state index is 0.719. The van der Waals surface area contributed by atoms with Gasteiger partial charge in [0, 0.05) is 18.6 Å². The number of hydrogen-bond acceptors (Lipinski definition) is 2. The van der Waals surface area contributed by atoms with Crippen LogP contribution in [0.1, 0.15) is 52.9 Å². The molecule has 2 nitrogen and oxygen atoms in total. The van der Waals surface area contributed by atoms with Crippen LogP contribution in [0.25, 0.3) is 0 Å². The maximum absolute atomic E-state index is 3.63. The normalized spacial score (nSPS) is 26.2. The molecule has 1 rings (SSSR count). The van der Waals surface area contributed by atoms with Crippen molar-refractivity contribution < 1.29 is 0 Å². The van der Waals surface area contributed by atoms with E-state index in [0.717, 1.165) is 12.1 Å². The van der Waals surface area contributed by atoms with Crippen LogP contribution in [-0.2, 0) is 0 Å². The number of unbranched alkanes of at least 4 members (excludes halogenated alkanes) is 1. The molecule has 0 radical (unpaired) electrons. The average molecular weight is 212 g/mol. The van der Waals surface area contributed by atoms with Gasteiger partial charge in [-0.1, -0.05) is 26.7 Å². The fraction of sp³-hybridized carbons (Fsp3) is 1.00. The second-order valence-corrected chi connectivity index (χ2v) is 4.90. The molecule has 0 aromatic heterocycles. The van der Waals surface area contributed by atoms with E-state index < -0.39 is 0 Å². The highest BCUT2D eigenvalue weighted by atomic mass is 15.2. The van der Waals surface area contributed by atoms with E-state index in [1.54, 1.807) is 0 Å². The second-order valence-electron chi connectivity index (χ2n) is 4.90. The summed E-state index contributed by atoms with van der Waals surface area (Å²) in [6.07, 6.45) is 6.65. The Kier molecular flexibility index (Phi) is 6.26. The largest absolute Gasteiger partial charge is 0.313 e. The minimum absolute atomic E-state index is 0.719. The summed E-state index contributed by atoms with van der Waals surface area (Å²) in [5.74, 6) is 0. The molecule has 1 aliphatic rings. The van der Waals surface area contributed by atoms with E-state index in [1.165, 1.54) is 51.7 Å². The molecule has 1 fully saturated rings. The van der Waals surface area contributed by atoms with Crippen LogP contribution in [-0.4, -0.2) is 36.6 Å². The molecule has 0 amide bonds. The zero-order valence-electron chi connectivity index (χ0n) is 10.8. The van der Waals surface area contributed by atoms with Crippen LogP contribution in [0, 0.1) is 0 Å². The first-order valence-electron chi connectivity index (χ1n) is 6.75. The zero-order valence-corrected chi connectivity index (χ0v) is 10.8. The Balaban J connectivity index is 2.36. The summed E-state index contributed by atoms with van der Waals surface area (Å²) in [5.41, 5.74) is 0. The van der Waals surface area contributed by atoms with Crippen molar-refractivity contribution in [2.45, 2.75) is 65.0 Å². The number of nitrogens with one attached hydrogen (secondary N) is 1. The molecule has 1 saturated heterocycles. The first-order valence-corrected chi connectivity index (χ1v) is 6.75. The number of nitrogens with zero attached hydrogens (tertiary/aromatic N) is 1. The topological polar surface area (TPSA) is 15.3 Å². The lowest BCUT2D eigenvalue weighted by Crippen LogP contribution is -2.41. The Hall–Kier alpha value is -0.0800. The highest BCUT2D eigenvalue weighted by Gasteiger charge is 2.19. The summed E-state index contributed by atoms with van der Waals surface area (Å²) >= 11 is 0. The monoisotopic (exact) mass is 212 g/mol. The van der Waals surface area contributed by atoms with Crippen molar-refractivity contribution in [2.24, 2.45) is 0 Å². The Morgan fingerprint density at radius 3 is 2.87 bits per heavy atom. The molecule has 2 atom stereocenters. The summed E-state index contributed by atoms with van der Waals surface area (Å²) in [4.78, 5) is 2.68. The Bertz CT molecular complexity index is 159. The summed E-state index contributed by atoms with van der Waals surface area (Å²) < 4.78 is 0. The maximum atomic E-state index is 3.63. The van der Waals surface area contributed by atoms with E-state index in [2.05, 4.69) is 31.0 Å². The van der Waals surface area contributed by atoms with Gasteiger partial charge in [0.2, 0.25) is 0 Å². The van der Waals surface area contributed by atoms with E-state index >= 15 is 0 Å². The molecule has 15 heavy (non-hydrogen) atoms. The van der Waals surface area contributed by atoms with E-state index in [4.69, 9.17) is 0 Å². The summed E-state index contributed by atoms with van der Waals surface area (Å²) in [5, 5.41) is 3.63. The van der Waals surface area contributed by atoms with Crippen LogP contribution >= 0.6 is 0 Å². The van der Waals surface area contributed by atoms with Gasteiger partial charge in [-0.3, -0.25) is 4.90 Å². The minimum Gasteiger partial charge on any atom is -0.313 e. The van der Waals surface area contributed by atoms with Gasteiger partial charge in [0.05, 0.1) is 0 Å². The molecular formula is C13H28N2. The van der Waals surface area contributed by atoms with Crippen LogP contribution in [0.2, 0.25) is 0 Å². The van der Waals surface area contributed by atoms with Gasteiger partial charge in [0.15, 0.2) is 0 Å². The fourth-order valence-corrected chi connectivity index (χ4v) is 2.38. The molecule has 1 N–H and O–H groups in total. The van der Waals surface area contributed by atoms with Crippen molar-refractivity contribution in [3.8, 4) is 0 Å². The highest BCUT2D eigenvalue weighted by molar-refractivity contribution is 4.78. The van der Waals surface area contributed by atoms with Crippen molar-refractivity contribution in [1.82, 2.24) is 10.2 Å². The van der Waals surface area contributed by atoms with Gasteiger partial charge in [-0.25, -0.2) is 0 Å². The molecule has 90 valence electrons. The molecule has 0 bridgehead atoms. The van der Waals surface area contributed by atoms with Crippen molar-refractivity contribution in [3.63, 3.8) is 0 Å². The van der Waals surface area contributed by atoms with Crippen LogP contribution in [0.4, 0.5) is 0 Å². The Labute approximate surface area is 95.4 Å². The molecule has 0 aromatic rings. The molecule has 0 aliphatic carbocycles. The zero-order chi connectivity index (χ0) is 11.1. The van der Waals surface area contributed by atoms with Gasteiger partial charge in [-0.05, 0) is 39.3 Å². The average Bonchev–Trinajstić information content (AvgIpc) is 2.50. The van der Waals surface area contributed by atoms with Crippen molar-refractivity contribution >= 4 is 0 Å². The smallest absolute Gasteiger partial charge is 0.0192 e. The molecule has 0 spiro atoms. The van der Waals surface area contributed by atoms with Crippen LogP contribution in [0.15, 0.2) is 0 Å². The third-order valence-corrected chi connectivity index (χ3v) is 3.60. The lowest BCUT2D eigenvalue weighted by Gasteiger charge is -2.29. The van der Waals surface area contributed by atoms with Gasteiger partial charge < -0.3 is 5.32 Å². The molecule has 1 aliphatic heterocycles. The van der Waals surface area contributed by atoms with Crippen LogP contribution < -0.4 is 5.32 Å². The maximum Gasteiger partial charge on any atom is 0.0192 e. The predicted octanol–water partition coefficient (Wildman–Crippen LogP) is 2.64. The van der Waals surface area contributed by atoms with Crippen LogP contribution in [0.5, 0.6) is 0 Å². The summed E-state index contributed by atoms with van der Waals surface area (Å²) in [6, 6.07) is 1.50. The molecule has 0 saturated carbocycles. The van der Waals surface area contributed by atoms with Crippen molar-refractivity contribution in [1.29, 1.82) is 0 Å². The van der Waals surface area contributed by atoms with E-state index in [-0.39, 0.29) is 0 Å². The third-order valence-electron chi connectivity index (χ3n) is 3.60. The van der Waals surface area contributed by atoms with E-state index in [9.17, 15) is 0 Å². The summed E-state index contributed by atoms with van der Waals surface area (Å²) in [6.45, 7) is 10.7. The predicted molar refractivity (Wildman–Crippen MR) is 67.3 cm³/mol. The second kappa shape index (κ2) is 7.24. The van der Waals surface area contributed by atoms with E-state index in [0.29, 0.717) is 0 Å². The number of hydrogen-bond donors (Lipinski definition) is 1. The third kappa shape index (κ3) is 4.52. The molecule has 0 aromatic carbocycles. The Morgan fingerprint density at radius 1 is 1.40 bits per heavy atom. The Morgan fingerprint density at radius 2 is 2.20 bits per heavy atom. The molecule has 2 unspecified atom stereocenters. The lowest BCUT2D eigenvalue weighted by molar-refractivity contribution is 0.192. The first kappa shape index (κ1) is 13.0. The fourth-order valence-electron chi connectivity index (χ4n) is 2.38. The van der Waals surface area contributed by atoms with Gasteiger partial charge in [-0.2, -0.15) is 0 Å². The van der Waals surface area contributed by atoms with Crippen molar-refractivity contribution in [3.05, 3.63) is 0 Å². The van der Waals surface area contributed by atoms with Gasteiger partial charge in [0.1, 0.15) is 0 Å². The lowest BCUT2D eigenvalue weighted by atomic mass is 10.1. The van der Waals surface area contributed by atoms with E-state index in [1.807, 2.05) is 0 Å². The summed E-state index contributed by atoms with van der Waals surface area (Å²) in [7, 11) is 0. The quantitative estimate of drug-likeness (QED) is 0.753. The van der Waals surface area contributed by atoms with Gasteiger partial charge in [-0.15, -0.1) is 0 Å². The molecule has 1 heterocycles. The van der Waals surface area contributed by atoms with Gasteiger partial charge in [0.25, 0.3) is 0 Å². The SMILES string of the molecule is CCCCC(C)N1CCCNC(CC)C1. The standard InChI is InChI=1S/C13H28N2/c1-4-6-8-12(3)15-10-7-9-14-13(5-2)11-15/h12-14H,4-11H2,1-3H3. The van der Waals surface area contributed by atoms with Crippen LogP contribution in [0.3, 0.4) is 0 Å². The molecular weight excluding hydrogens is 184 g/mol. The van der Waals surface area contributed by atoms with Gasteiger partial charge >= 0.3 is 0 Å². The first-order chi connectivity index (χ1) is 7.27. The number of rotatable bonds is 5.